The van der Waals surface area contributed by atoms with Crippen molar-refractivity contribution in [1.82, 2.24) is 4.90 Å². The zero-order valence-corrected chi connectivity index (χ0v) is 42.3. The van der Waals surface area contributed by atoms with Crippen LogP contribution >= 0.6 is 0 Å². The summed E-state index contributed by atoms with van der Waals surface area (Å²) in [4.78, 5) is 47.9. The Labute approximate surface area is 435 Å². The number of hydrogen-bond acceptors (Lipinski definition) is 14. The van der Waals surface area contributed by atoms with E-state index in [1.807, 2.05) is 0 Å². The van der Waals surface area contributed by atoms with Crippen LogP contribution in [0.25, 0.3) is 6.08 Å². The molecule has 3 N–H and O–H groups in total. The van der Waals surface area contributed by atoms with Crippen LogP contribution in [0.1, 0.15) is 86.8 Å². The number of allylic oxidation sites excluding steroid dienone is 1. The molecular weight excluding hydrogens is 968 g/mol. The van der Waals surface area contributed by atoms with Crippen LogP contribution < -0.4 is 24.3 Å². The van der Waals surface area contributed by atoms with Gasteiger partial charge in [0.25, 0.3) is 5.69 Å². The van der Waals surface area contributed by atoms with Gasteiger partial charge in [-0.3, -0.25) is 20.2 Å². The van der Waals surface area contributed by atoms with Crippen molar-refractivity contribution >= 4 is 35.2 Å². The smallest absolute Gasteiger partial charge is 0.417 e. The van der Waals surface area contributed by atoms with Gasteiger partial charge < -0.3 is 48.4 Å². The minimum absolute atomic E-state index is 0.0102. The van der Waals surface area contributed by atoms with Gasteiger partial charge in [-0.15, -0.1) is 6.58 Å². The van der Waals surface area contributed by atoms with Gasteiger partial charge in [-0.1, -0.05) is 42.3 Å². The van der Waals surface area contributed by atoms with E-state index in [2.05, 4.69) is 18.0 Å². The molecule has 4 aliphatic rings. The van der Waals surface area contributed by atoms with Crippen LogP contribution in [0, 0.1) is 33.7 Å². The number of ether oxygens (including phenoxy) is 6. The lowest BCUT2D eigenvalue weighted by atomic mass is 9.55. The summed E-state index contributed by atoms with van der Waals surface area (Å²) in [5, 5.41) is 39.3. The number of carbonyl (C=O) groups is 2. The number of carbonyl (C=O) groups excluding carboxylic acids is 2. The molecule has 1 saturated carbocycles. The largest absolute Gasteiger partial charge is 0.497 e. The summed E-state index contributed by atoms with van der Waals surface area (Å²) in [5.41, 5.74) is 3.42. The third kappa shape index (κ3) is 12.7. The molecule has 8 rings (SSSR count). The molecule has 4 aromatic carbocycles. The molecule has 0 bridgehead atoms. The molecule has 0 aromatic heterocycles. The summed E-state index contributed by atoms with van der Waals surface area (Å²) in [6.07, 6.45) is 11.7. The fourth-order valence-corrected chi connectivity index (χ4v) is 10.9. The van der Waals surface area contributed by atoms with Gasteiger partial charge in [0.15, 0.2) is 0 Å². The third-order valence-electron chi connectivity index (χ3n) is 14.4. The van der Waals surface area contributed by atoms with Gasteiger partial charge in [-0.2, -0.15) is 0 Å². The molecule has 0 spiro atoms. The average Bonchev–Trinajstić information content (AvgIpc) is 3.53. The van der Waals surface area contributed by atoms with Crippen molar-refractivity contribution < 1.29 is 62.4 Å². The van der Waals surface area contributed by atoms with Crippen molar-refractivity contribution in [3.63, 3.8) is 0 Å². The Balaban J connectivity index is 1.31. The van der Waals surface area contributed by atoms with E-state index in [9.17, 15) is 29.5 Å². The molecule has 398 valence electrons. The zero-order chi connectivity index (χ0) is 52.9. The molecule has 2 fully saturated rings. The van der Waals surface area contributed by atoms with E-state index < -0.39 is 52.7 Å². The molecule has 0 radical (unpaired) electrons. The summed E-state index contributed by atoms with van der Waals surface area (Å²) in [5.74, 6) is -2.52. The Kier molecular flexibility index (Phi) is 18.3. The topological polar surface area (TPSA) is 210 Å². The number of anilines is 1. The Bertz CT molecular complexity index is 2730. The number of nitrogens with zero attached hydrogens (tertiary/aromatic N) is 3. The molecule has 75 heavy (non-hydrogen) atoms. The molecule has 1 saturated heterocycles. The van der Waals surface area contributed by atoms with Crippen molar-refractivity contribution in [2.45, 2.75) is 94.8 Å². The van der Waals surface area contributed by atoms with E-state index >= 15 is 4.79 Å². The maximum absolute atomic E-state index is 15.3. The molecule has 7 atom stereocenters. The molecule has 17 nitrogen and oxygen atoms in total. The van der Waals surface area contributed by atoms with Gasteiger partial charge in [-0.05, 0) is 128 Å². The van der Waals surface area contributed by atoms with Gasteiger partial charge in [0.1, 0.15) is 34.9 Å². The second-order valence-electron chi connectivity index (χ2n) is 19.0. The fraction of sp³-hybridized carbons (Fsp3) is 0.421. The number of nitro benzene ring substituents is 1. The van der Waals surface area contributed by atoms with Crippen molar-refractivity contribution in [2.75, 3.05) is 46.0 Å². The summed E-state index contributed by atoms with van der Waals surface area (Å²) in [6.45, 7) is 4.49. The Hall–Kier alpha value is -7.12. The quantitative estimate of drug-likeness (QED) is 0.0208. The highest BCUT2D eigenvalue weighted by Gasteiger charge is 2.65. The molecule has 4 aromatic rings. The first kappa shape index (κ1) is 54.2. The predicted molar refractivity (Wildman–Crippen MR) is 278 cm³/mol. The third-order valence-corrected chi connectivity index (χ3v) is 14.4. The molecule has 2 aliphatic carbocycles. The second kappa shape index (κ2) is 25.4. The van der Waals surface area contributed by atoms with E-state index in [0.717, 1.165) is 18.4 Å². The van der Waals surface area contributed by atoms with Crippen LogP contribution in [0.15, 0.2) is 120 Å². The molecular formula is C57H65FN4O13. The predicted octanol–water partition coefficient (Wildman–Crippen LogP) is 10.3. The Morgan fingerprint density at radius 2 is 1.72 bits per heavy atom. The lowest BCUT2D eigenvalue weighted by Crippen LogP contribution is -2.70. The Morgan fingerprint density at radius 3 is 2.41 bits per heavy atom. The first-order valence-electron chi connectivity index (χ1n) is 25.5. The van der Waals surface area contributed by atoms with Crippen molar-refractivity contribution in [3.8, 4) is 23.0 Å². The number of aliphatic hydroxyl groups is 2. The van der Waals surface area contributed by atoms with Crippen LogP contribution in [0.5, 0.6) is 23.0 Å². The number of nitrogens with one attached hydrogen (secondary N) is 1. The first-order chi connectivity index (χ1) is 36.5. The highest BCUT2D eigenvalue weighted by atomic mass is 19.1. The lowest BCUT2D eigenvalue weighted by Gasteiger charge is -2.60. The summed E-state index contributed by atoms with van der Waals surface area (Å²) in [7, 11) is 3.01. The number of rotatable bonds is 23. The van der Waals surface area contributed by atoms with Gasteiger partial charge in [0.2, 0.25) is 18.0 Å². The minimum Gasteiger partial charge on any atom is -0.497 e. The van der Waals surface area contributed by atoms with Crippen molar-refractivity contribution in [3.05, 3.63) is 148 Å². The number of methoxy groups -OCH3 is 2. The van der Waals surface area contributed by atoms with Crippen LogP contribution in [0.2, 0.25) is 0 Å². The number of hydrogen-bond donors (Lipinski definition) is 3. The number of halogens is 1. The number of oxime groups is 1. The van der Waals surface area contributed by atoms with Crippen LogP contribution in [0.3, 0.4) is 0 Å². The maximum atomic E-state index is 15.3. The Morgan fingerprint density at radius 1 is 0.960 bits per heavy atom. The van der Waals surface area contributed by atoms with E-state index in [1.54, 1.807) is 77.7 Å². The SMILES string of the molecule is C=CCOC12Oc3ccc(OC(=O)Nc4ccc(OC)cc4OC)cc3C3C(CCCCO)C(CCCCO)C=C(C(=NOC4CCCCO4)CC1N(Cc1ccc(F)cc1)C(=O)C=Cc1ccc([N+](=O)[O-])cc1)C32. The average molecular weight is 1030 g/mol. The molecule has 2 aliphatic heterocycles. The minimum atomic E-state index is -1.68. The number of unbranched alkanes of at least 4 members (excludes halogenated alkanes) is 2. The molecule has 2 amide bonds. The second-order valence-corrected chi connectivity index (χ2v) is 19.0. The van der Waals surface area contributed by atoms with Crippen LogP contribution in [-0.2, 0) is 25.7 Å². The van der Waals surface area contributed by atoms with Crippen molar-refractivity contribution in [1.29, 1.82) is 0 Å². The standard InChI is InChI=1S/C57H65FN4O13/c1-4-30-72-57-51(61(36-38-14-19-40(58)20-15-38)52(65)27-18-37-16-21-41(22-17-37)62(67)68)35-48(60-75-53-13-7-10-31-71-53)45-32-39(11-5-8-28-63)44(12-6-9-29-64)54(55(45)57)46-33-43(24-26-49(46)74-57)73-56(66)59-47-25-23-42(69-2)34-50(47)70-3/h4,14-27,32-34,39,44,51,53-55,63-64H,1,5-13,28-31,35-36H2,2-3H3,(H,59,66). The lowest BCUT2D eigenvalue weighted by molar-refractivity contribution is -0.384. The highest BCUT2D eigenvalue weighted by molar-refractivity contribution is 6.03. The summed E-state index contributed by atoms with van der Waals surface area (Å²) in [6, 6.07) is 20.8. The van der Waals surface area contributed by atoms with Gasteiger partial charge in [0, 0.05) is 68.4 Å². The van der Waals surface area contributed by atoms with Gasteiger partial charge >= 0.3 is 6.09 Å². The van der Waals surface area contributed by atoms with E-state index in [0.29, 0.717) is 96.9 Å². The molecule has 2 heterocycles. The molecule has 7 unspecified atom stereocenters. The zero-order valence-electron chi connectivity index (χ0n) is 42.3. The van der Waals surface area contributed by atoms with Crippen LogP contribution in [-0.4, -0.2) is 96.5 Å². The number of benzene rings is 4. The van der Waals surface area contributed by atoms with Gasteiger partial charge in [0.05, 0.1) is 49.7 Å². The highest BCUT2D eigenvalue weighted by Crippen LogP contribution is 2.62. The van der Waals surface area contributed by atoms with Crippen molar-refractivity contribution in [2.24, 2.45) is 22.9 Å². The van der Waals surface area contributed by atoms with Crippen LogP contribution in [0.4, 0.5) is 20.6 Å². The number of nitro groups is 1. The van der Waals surface area contributed by atoms with E-state index in [1.165, 1.54) is 44.6 Å². The monoisotopic (exact) mass is 1030 g/mol. The van der Waals surface area contributed by atoms with E-state index in [-0.39, 0.29) is 56.1 Å². The number of amides is 2. The maximum Gasteiger partial charge on any atom is 0.417 e. The normalized spacial score (nSPS) is 23.2. The molecule has 18 heteroatoms. The number of non-ortho nitro benzene ring substituents is 1. The first-order valence-corrected chi connectivity index (χ1v) is 25.5. The fourth-order valence-electron chi connectivity index (χ4n) is 10.9. The van der Waals surface area contributed by atoms with Gasteiger partial charge in [-0.25, -0.2) is 9.18 Å². The number of aliphatic hydroxyl groups excluding tert-OH is 2. The number of fused-ring (bicyclic) bond motifs is 2. The van der Waals surface area contributed by atoms with E-state index in [4.69, 9.17) is 38.4 Å². The summed E-state index contributed by atoms with van der Waals surface area (Å²) >= 11 is 0. The summed E-state index contributed by atoms with van der Waals surface area (Å²) < 4.78 is 52.0.